The Morgan fingerprint density at radius 2 is 1.90 bits per heavy atom. The third-order valence-electron chi connectivity index (χ3n) is 2.98. The molecule has 0 amide bonds. The first-order valence-corrected chi connectivity index (χ1v) is 8.15. The van der Waals surface area contributed by atoms with Crippen LogP contribution in [0.3, 0.4) is 0 Å². The second-order valence-corrected chi connectivity index (χ2v) is 5.98. The normalized spacial score (nSPS) is 12.2. The van der Waals surface area contributed by atoms with Gasteiger partial charge in [0, 0.05) is 40.3 Å². The van der Waals surface area contributed by atoms with Gasteiger partial charge in [-0.3, -0.25) is 4.21 Å². The molecule has 2 aromatic rings. The van der Waals surface area contributed by atoms with Crippen molar-refractivity contribution in [2.75, 3.05) is 11.6 Å². The number of aryl methyl sites for hydroxylation is 2. The van der Waals surface area contributed by atoms with Gasteiger partial charge in [0.25, 0.3) is 0 Å². The van der Waals surface area contributed by atoms with Crippen LogP contribution in [0.15, 0.2) is 35.2 Å². The SMILES string of the molecule is CCc1cc(NCc2ccc(S(C)=O)cc2)nc(C)n1. The molecule has 20 heavy (non-hydrogen) atoms. The molecule has 1 unspecified atom stereocenters. The largest absolute Gasteiger partial charge is 0.366 e. The molecule has 0 fully saturated rings. The van der Waals surface area contributed by atoms with Gasteiger partial charge in [-0.25, -0.2) is 9.97 Å². The molecule has 1 N–H and O–H groups in total. The summed E-state index contributed by atoms with van der Waals surface area (Å²) in [6.45, 7) is 4.67. The number of rotatable bonds is 5. The van der Waals surface area contributed by atoms with E-state index in [0.29, 0.717) is 6.54 Å². The Bertz CT molecular complexity index is 611. The van der Waals surface area contributed by atoms with Crippen LogP contribution in [0.2, 0.25) is 0 Å². The lowest BCUT2D eigenvalue weighted by atomic mass is 10.2. The number of nitrogens with zero attached hydrogens (tertiary/aromatic N) is 2. The lowest BCUT2D eigenvalue weighted by Crippen LogP contribution is -2.05. The Balaban J connectivity index is 2.04. The van der Waals surface area contributed by atoms with Crippen LogP contribution in [0.5, 0.6) is 0 Å². The Kier molecular flexibility index (Phi) is 4.84. The smallest absolute Gasteiger partial charge is 0.130 e. The number of nitrogens with one attached hydrogen (secondary N) is 1. The van der Waals surface area contributed by atoms with Gasteiger partial charge in [-0.1, -0.05) is 19.1 Å². The number of hydrogen-bond donors (Lipinski definition) is 1. The standard InChI is InChI=1S/C15H19N3OS/c1-4-13-9-15(18-11(2)17-13)16-10-12-5-7-14(8-6-12)20(3)19/h5-9H,4,10H2,1-3H3,(H,16,17,18). The van der Waals surface area contributed by atoms with E-state index in [4.69, 9.17) is 0 Å². The lowest BCUT2D eigenvalue weighted by Gasteiger charge is -2.08. The molecule has 0 aliphatic rings. The summed E-state index contributed by atoms with van der Waals surface area (Å²) in [5, 5.41) is 3.30. The van der Waals surface area contributed by atoms with Crippen LogP contribution in [-0.2, 0) is 23.8 Å². The van der Waals surface area contributed by atoms with Crippen LogP contribution in [0.4, 0.5) is 5.82 Å². The molecule has 1 heterocycles. The zero-order valence-corrected chi connectivity index (χ0v) is 12.8. The molecule has 0 bridgehead atoms. The van der Waals surface area contributed by atoms with Gasteiger partial charge in [-0.15, -0.1) is 0 Å². The van der Waals surface area contributed by atoms with Crippen LogP contribution >= 0.6 is 0 Å². The molecule has 0 aliphatic carbocycles. The van der Waals surface area contributed by atoms with Crippen molar-refractivity contribution in [2.24, 2.45) is 0 Å². The van der Waals surface area contributed by atoms with Crippen molar-refractivity contribution in [3.8, 4) is 0 Å². The minimum absolute atomic E-state index is 0.691. The van der Waals surface area contributed by atoms with Gasteiger partial charge in [-0.2, -0.15) is 0 Å². The minimum Gasteiger partial charge on any atom is -0.366 e. The fourth-order valence-corrected chi connectivity index (χ4v) is 2.41. The van der Waals surface area contributed by atoms with E-state index in [0.717, 1.165) is 34.2 Å². The average molecular weight is 289 g/mol. The Morgan fingerprint density at radius 3 is 2.50 bits per heavy atom. The molecule has 2 rings (SSSR count). The van der Waals surface area contributed by atoms with Crippen LogP contribution in [0.1, 0.15) is 24.0 Å². The quantitative estimate of drug-likeness (QED) is 0.919. The first-order valence-electron chi connectivity index (χ1n) is 6.59. The third-order valence-corrected chi connectivity index (χ3v) is 3.92. The lowest BCUT2D eigenvalue weighted by molar-refractivity contribution is 0.687. The maximum atomic E-state index is 11.3. The van der Waals surface area contributed by atoms with E-state index >= 15 is 0 Å². The van der Waals surface area contributed by atoms with Crippen molar-refractivity contribution in [1.29, 1.82) is 0 Å². The highest BCUT2D eigenvalue weighted by molar-refractivity contribution is 7.84. The monoisotopic (exact) mass is 289 g/mol. The fraction of sp³-hybridized carbons (Fsp3) is 0.333. The van der Waals surface area contributed by atoms with Crippen molar-refractivity contribution >= 4 is 16.6 Å². The highest BCUT2D eigenvalue weighted by Crippen LogP contribution is 2.11. The Hall–Kier alpha value is -1.75. The summed E-state index contributed by atoms with van der Waals surface area (Å²) in [4.78, 5) is 9.57. The topological polar surface area (TPSA) is 54.9 Å². The summed E-state index contributed by atoms with van der Waals surface area (Å²) >= 11 is 0. The van der Waals surface area contributed by atoms with Gasteiger partial charge >= 0.3 is 0 Å². The van der Waals surface area contributed by atoms with Crippen molar-refractivity contribution in [1.82, 2.24) is 9.97 Å². The van der Waals surface area contributed by atoms with Gasteiger partial charge < -0.3 is 5.32 Å². The van der Waals surface area contributed by atoms with E-state index in [1.807, 2.05) is 37.3 Å². The summed E-state index contributed by atoms with van der Waals surface area (Å²) < 4.78 is 11.3. The molecule has 0 spiro atoms. The van der Waals surface area contributed by atoms with Gasteiger partial charge in [0.15, 0.2) is 0 Å². The highest BCUT2D eigenvalue weighted by Gasteiger charge is 2.01. The van der Waals surface area contributed by atoms with E-state index < -0.39 is 10.8 Å². The molecule has 5 heteroatoms. The maximum absolute atomic E-state index is 11.3. The second-order valence-electron chi connectivity index (χ2n) is 4.60. The first kappa shape index (κ1) is 14.7. The number of aromatic nitrogens is 2. The van der Waals surface area contributed by atoms with E-state index in [1.54, 1.807) is 6.26 Å². The third kappa shape index (κ3) is 3.87. The molecule has 0 saturated carbocycles. The van der Waals surface area contributed by atoms with Crippen LogP contribution in [-0.4, -0.2) is 20.4 Å². The molecule has 4 nitrogen and oxygen atoms in total. The predicted molar refractivity (Wildman–Crippen MR) is 82.2 cm³/mol. The summed E-state index contributed by atoms with van der Waals surface area (Å²) in [7, 11) is -0.926. The molecule has 106 valence electrons. The molecular formula is C15H19N3OS. The number of hydrogen-bond acceptors (Lipinski definition) is 4. The van der Waals surface area contributed by atoms with Crippen molar-refractivity contribution in [2.45, 2.75) is 31.7 Å². The molecule has 0 aliphatic heterocycles. The Morgan fingerprint density at radius 1 is 1.20 bits per heavy atom. The number of anilines is 1. The number of benzene rings is 1. The van der Waals surface area contributed by atoms with Crippen molar-refractivity contribution < 1.29 is 4.21 Å². The minimum atomic E-state index is -0.926. The molecule has 1 aromatic heterocycles. The van der Waals surface area contributed by atoms with Crippen LogP contribution < -0.4 is 5.32 Å². The summed E-state index contributed by atoms with van der Waals surface area (Å²) in [6.07, 6.45) is 2.58. The second kappa shape index (κ2) is 6.61. The van der Waals surface area contributed by atoms with E-state index in [-0.39, 0.29) is 0 Å². The molecule has 1 aromatic carbocycles. The van der Waals surface area contributed by atoms with Gasteiger partial charge in [0.2, 0.25) is 0 Å². The summed E-state index contributed by atoms with van der Waals surface area (Å²) in [6, 6.07) is 9.74. The molecule has 0 radical (unpaired) electrons. The van der Waals surface area contributed by atoms with Gasteiger partial charge in [0.1, 0.15) is 11.6 Å². The van der Waals surface area contributed by atoms with E-state index in [9.17, 15) is 4.21 Å². The van der Waals surface area contributed by atoms with Crippen molar-refractivity contribution in [3.63, 3.8) is 0 Å². The molecule has 1 atom stereocenters. The average Bonchev–Trinajstić information content (AvgIpc) is 2.45. The predicted octanol–water partition coefficient (Wildman–Crippen LogP) is 2.70. The fourth-order valence-electron chi connectivity index (χ4n) is 1.89. The molecule has 0 saturated heterocycles. The van der Waals surface area contributed by atoms with Crippen LogP contribution in [0.25, 0.3) is 0 Å². The van der Waals surface area contributed by atoms with Gasteiger partial charge in [-0.05, 0) is 31.0 Å². The van der Waals surface area contributed by atoms with Crippen molar-refractivity contribution in [3.05, 3.63) is 47.4 Å². The zero-order chi connectivity index (χ0) is 14.5. The Labute approximate surface area is 122 Å². The summed E-state index contributed by atoms with van der Waals surface area (Å²) in [5.74, 6) is 1.63. The van der Waals surface area contributed by atoms with Gasteiger partial charge in [0.05, 0.1) is 0 Å². The summed E-state index contributed by atoms with van der Waals surface area (Å²) in [5.41, 5.74) is 2.17. The highest BCUT2D eigenvalue weighted by atomic mass is 32.2. The van der Waals surface area contributed by atoms with E-state index in [2.05, 4.69) is 22.2 Å². The maximum Gasteiger partial charge on any atom is 0.130 e. The first-order chi connectivity index (χ1) is 9.58. The zero-order valence-electron chi connectivity index (χ0n) is 12.0. The van der Waals surface area contributed by atoms with E-state index in [1.165, 1.54) is 0 Å². The molecular weight excluding hydrogens is 270 g/mol. The van der Waals surface area contributed by atoms with Crippen LogP contribution in [0, 0.1) is 6.92 Å².